The topological polar surface area (TPSA) is 82.7 Å². The summed E-state index contributed by atoms with van der Waals surface area (Å²) in [6, 6.07) is 8.00. The first kappa shape index (κ1) is 16.0. The van der Waals surface area contributed by atoms with Crippen molar-refractivity contribution in [1.29, 1.82) is 0 Å². The van der Waals surface area contributed by atoms with E-state index >= 15 is 0 Å². The molecule has 6 nitrogen and oxygen atoms in total. The van der Waals surface area contributed by atoms with Crippen LogP contribution >= 0.6 is 11.8 Å². The summed E-state index contributed by atoms with van der Waals surface area (Å²) in [5.74, 6) is 1.31. The fourth-order valence-electron chi connectivity index (χ4n) is 2.73. The van der Waals surface area contributed by atoms with Gasteiger partial charge in [-0.05, 0) is 43.0 Å². The molecule has 0 radical (unpaired) electrons. The molecule has 2 aromatic rings. The zero-order valence-corrected chi connectivity index (χ0v) is 13.7. The van der Waals surface area contributed by atoms with Gasteiger partial charge in [-0.3, -0.25) is 4.79 Å². The summed E-state index contributed by atoms with van der Waals surface area (Å²) in [6.45, 7) is 2.75. The van der Waals surface area contributed by atoms with Crippen LogP contribution in [-0.2, 0) is 0 Å². The third-order valence-electron chi connectivity index (χ3n) is 3.97. The minimum absolute atomic E-state index is 0.0286. The quantitative estimate of drug-likeness (QED) is 0.555. The van der Waals surface area contributed by atoms with Gasteiger partial charge in [0.2, 0.25) is 0 Å². The molecule has 1 aliphatic rings. The van der Waals surface area contributed by atoms with Crippen LogP contribution in [-0.4, -0.2) is 46.7 Å². The van der Waals surface area contributed by atoms with E-state index in [4.69, 9.17) is 0 Å². The van der Waals surface area contributed by atoms with Gasteiger partial charge in [-0.2, -0.15) is 10.3 Å². The zero-order chi connectivity index (χ0) is 15.9. The predicted molar refractivity (Wildman–Crippen MR) is 90.7 cm³/mol. The number of hydrogen-bond acceptors (Lipinski definition) is 5. The SMILES string of the molecule is O=C(NCCSc1cn[nH]n1)c1ccc(C2CCCNC2)cc1. The highest BCUT2D eigenvalue weighted by Gasteiger charge is 2.15. The van der Waals surface area contributed by atoms with Gasteiger partial charge in [-0.1, -0.05) is 12.1 Å². The molecule has 0 aliphatic carbocycles. The van der Waals surface area contributed by atoms with Gasteiger partial charge in [-0.25, -0.2) is 0 Å². The summed E-state index contributed by atoms with van der Waals surface area (Å²) < 4.78 is 0. The fraction of sp³-hybridized carbons (Fsp3) is 0.438. The summed E-state index contributed by atoms with van der Waals surface area (Å²) >= 11 is 1.56. The molecule has 1 aliphatic heterocycles. The molecular weight excluding hydrogens is 310 g/mol. The van der Waals surface area contributed by atoms with Crippen LogP contribution in [0.25, 0.3) is 0 Å². The molecule has 2 heterocycles. The van der Waals surface area contributed by atoms with E-state index < -0.39 is 0 Å². The second kappa shape index (κ2) is 8.12. The molecule has 1 unspecified atom stereocenters. The molecular formula is C16H21N5OS. The lowest BCUT2D eigenvalue weighted by Gasteiger charge is -2.23. The minimum Gasteiger partial charge on any atom is -0.351 e. The number of carbonyl (C=O) groups excluding carboxylic acids is 1. The van der Waals surface area contributed by atoms with Gasteiger partial charge >= 0.3 is 0 Å². The van der Waals surface area contributed by atoms with Crippen LogP contribution in [0.4, 0.5) is 0 Å². The number of H-pyrrole nitrogens is 1. The lowest BCUT2D eigenvalue weighted by atomic mass is 9.91. The van der Waals surface area contributed by atoms with E-state index in [0.717, 1.165) is 23.9 Å². The molecule has 23 heavy (non-hydrogen) atoms. The van der Waals surface area contributed by atoms with E-state index in [9.17, 15) is 4.79 Å². The van der Waals surface area contributed by atoms with Gasteiger partial charge in [0, 0.05) is 24.4 Å². The van der Waals surface area contributed by atoms with Crippen molar-refractivity contribution in [2.24, 2.45) is 0 Å². The Labute approximate surface area is 139 Å². The lowest BCUT2D eigenvalue weighted by molar-refractivity contribution is 0.0956. The number of benzene rings is 1. The van der Waals surface area contributed by atoms with E-state index in [0.29, 0.717) is 18.0 Å². The number of nitrogens with one attached hydrogen (secondary N) is 3. The highest BCUT2D eigenvalue weighted by atomic mass is 32.2. The van der Waals surface area contributed by atoms with Crippen molar-refractivity contribution in [2.75, 3.05) is 25.4 Å². The first-order chi connectivity index (χ1) is 11.3. The second-order valence-corrected chi connectivity index (χ2v) is 6.69. The Kier molecular flexibility index (Phi) is 5.65. The number of carbonyl (C=O) groups is 1. The molecule has 3 N–H and O–H groups in total. The molecule has 1 saturated heterocycles. The highest BCUT2D eigenvalue weighted by molar-refractivity contribution is 7.99. The zero-order valence-electron chi connectivity index (χ0n) is 12.9. The molecule has 0 bridgehead atoms. The molecule has 3 rings (SSSR count). The van der Waals surface area contributed by atoms with Crippen molar-refractivity contribution in [3.8, 4) is 0 Å². The fourth-order valence-corrected chi connectivity index (χ4v) is 3.37. The smallest absolute Gasteiger partial charge is 0.251 e. The van der Waals surface area contributed by atoms with Crippen molar-refractivity contribution < 1.29 is 4.79 Å². The number of rotatable bonds is 6. The van der Waals surface area contributed by atoms with Crippen molar-refractivity contribution >= 4 is 17.7 Å². The summed E-state index contributed by atoms with van der Waals surface area (Å²) in [7, 11) is 0. The van der Waals surface area contributed by atoms with Gasteiger partial charge in [-0.15, -0.1) is 16.9 Å². The van der Waals surface area contributed by atoms with Crippen LogP contribution in [0.5, 0.6) is 0 Å². The summed E-state index contributed by atoms with van der Waals surface area (Å²) in [5, 5.41) is 17.5. The summed E-state index contributed by atoms with van der Waals surface area (Å²) in [4.78, 5) is 12.1. The van der Waals surface area contributed by atoms with Crippen LogP contribution in [0.15, 0.2) is 35.5 Å². The summed E-state index contributed by atoms with van der Waals surface area (Å²) in [6.07, 6.45) is 4.11. The van der Waals surface area contributed by atoms with Crippen LogP contribution in [0.2, 0.25) is 0 Å². The average Bonchev–Trinajstić information content (AvgIpc) is 3.13. The van der Waals surface area contributed by atoms with E-state index in [-0.39, 0.29) is 5.91 Å². The van der Waals surface area contributed by atoms with Gasteiger partial charge < -0.3 is 10.6 Å². The molecule has 122 valence electrons. The van der Waals surface area contributed by atoms with E-state index in [1.807, 2.05) is 12.1 Å². The molecule has 0 spiro atoms. The maximum absolute atomic E-state index is 12.1. The Bertz CT molecular complexity index is 608. The molecule has 1 amide bonds. The van der Waals surface area contributed by atoms with Crippen molar-refractivity contribution in [1.82, 2.24) is 26.0 Å². The minimum atomic E-state index is -0.0286. The van der Waals surface area contributed by atoms with Crippen LogP contribution in [0.3, 0.4) is 0 Å². The molecule has 7 heteroatoms. The number of hydrogen-bond donors (Lipinski definition) is 3. The van der Waals surface area contributed by atoms with Crippen molar-refractivity contribution in [2.45, 2.75) is 23.8 Å². The third kappa shape index (κ3) is 4.56. The number of thioether (sulfide) groups is 1. The third-order valence-corrected chi connectivity index (χ3v) is 4.87. The number of aromatic nitrogens is 3. The summed E-state index contributed by atoms with van der Waals surface area (Å²) in [5.41, 5.74) is 2.03. The molecule has 1 atom stereocenters. The average molecular weight is 331 g/mol. The van der Waals surface area contributed by atoms with Crippen LogP contribution in [0.1, 0.15) is 34.7 Å². The number of amides is 1. The lowest BCUT2D eigenvalue weighted by Crippen LogP contribution is -2.28. The largest absolute Gasteiger partial charge is 0.351 e. The number of aromatic amines is 1. The van der Waals surface area contributed by atoms with Crippen LogP contribution in [0, 0.1) is 0 Å². The van der Waals surface area contributed by atoms with E-state index in [1.165, 1.54) is 18.4 Å². The first-order valence-electron chi connectivity index (χ1n) is 7.90. The van der Waals surface area contributed by atoms with Gasteiger partial charge in [0.1, 0.15) is 5.03 Å². The normalized spacial score (nSPS) is 17.8. The predicted octanol–water partition coefficient (Wildman–Crippen LogP) is 1.79. The first-order valence-corrected chi connectivity index (χ1v) is 8.89. The standard InChI is InChI=1S/C16H21N5OS/c22-16(18-8-9-23-15-11-19-21-20-15)13-5-3-12(4-6-13)14-2-1-7-17-10-14/h3-6,11,14,17H,1-2,7-10H2,(H,18,22)(H,19,20,21). The van der Waals surface area contributed by atoms with Crippen molar-refractivity contribution in [3.05, 3.63) is 41.6 Å². The molecule has 0 saturated carbocycles. The number of piperidine rings is 1. The van der Waals surface area contributed by atoms with Gasteiger partial charge in [0.05, 0.1) is 6.20 Å². The Balaban J connectivity index is 1.45. The molecule has 1 aromatic carbocycles. The number of nitrogens with zero attached hydrogens (tertiary/aromatic N) is 2. The maximum Gasteiger partial charge on any atom is 0.251 e. The van der Waals surface area contributed by atoms with E-state index in [2.05, 4.69) is 38.2 Å². The van der Waals surface area contributed by atoms with Gasteiger partial charge in [0.25, 0.3) is 5.91 Å². The Morgan fingerprint density at radius 3 is 2.91 bits per heavy atom. The van der Waals surface area contributed by atoms with E-state index in [1.54, 1.807) is 18.0 Å². The Hall–Kier alpha value is -1.86. The Morgan fingerprint density at radius 2 is 2.22 bits per heavy atom. The molecule has 1 fully saturated rings. The molecule has 1 aromatic heterocycles. The maximum atomic E-state index is 12.1. The van der Waals surface area contributed by atoms with Crippen molar-refractivity contribution in [3.63, 3.8) is 0 Å². The monoisotopic (exact) mass is 331 g/mol. The van der Waals surface area contributed by atoms with Crippen LogP contribution < -0.4 is 10.6 Å². The Morgan fingerprint density at radius 1 is 1.35 bits per heavy atom. The highest BCUT2D eigenvalue weighted by Crippen LogP contribution is 2.23. The second-order valence-electron chi connectivity index (χ2n) is 5.58. The van der Waals surface area contributed by atoms with Gasteiger partial charge in [0.15, 0.2) is 0 Å².